The second-order valence-electron chi connectivity index (χ2n) is 16.3. The summed E-state index contributed by atoms with van der Waals surface area (Å²) >= 11 is 0. The van der Waals surface area contributed by atoms with Crippen molar-refractivity contribution >= 4 is 80.7 Å². The van der Waals surface area contributed by atoms with Crippen molar-refractivity contribution in [1.29, 1.82) is 0 Å². The van der Waals surface area contributed by atoms with E-state index < -0.39 is 139 Å². The maximum atomic E-state index is 14.4. The quantitative estimate of drug-likeness (QED) is 0.0749. The van der Waals surface area contributed by atoms with Gasteiger partial charge in [0.2, 0.25) is 59.1 Å². The van der Waals surface area contributed by atoms with Crippen LogP contribution in [0.4, 0.5) is 0 Å². The Hall–Kier alpha value is -5.66. The van der Waals surface area contributed by atoms with Crippen molar-refractivity contribution in [3.05, 3.63) is 29.8 Å². The number of nitrogens with zero attached hydrogens (tertiary/aromatic N) is 1. The molecule has 23 nitrogen and oxygen atoms in total. The van der Waals surface area contributed by atoms with Crippen molar-refractivity contribution < 1.29 is 58.2 Å². The Balaban J connectivity index is 2.00. The third-order valence-electron chi connectivity index (χ3n) is 11.2. The molecular formula is C41H63N11O12S2. The molecular weight excluding hydrogens is 903 g/mol. The van der Waals surface area contributed by atoms with Gasteiger partial charge in [-0.25, -0.2) is 0 Å². The van der Waals surface area contributed by atoms with E-state index in [2.05, 4.69) is 37.2 Å². The van der Waals surface area contributed by atoms with Gasteiger partial charge >= 0.3 is 0 Å². The molecule has 0 spiro atoms. The lowest BCUT2D eigenvalue weighted by Crippen LogP contribution is -2.62. The Morgan fingerprint density at radius 2 is 1.41 bits per heavy atom. The number of hydrogen-bond acceptors (Lipinski definition) is 15. The number of likely N-dealkylation sites (tertiary alicyclic amines) is 1. The first-order chi connectivity index (χ1) is 31.2. The summed E-state index contributed by atoms with van der Waals surface area (Å²) in [6.45, 7) is 5.49. The summed E-state index contributed by atoms with van der Waals surface area (Å²) in [5.74, 6) is -9.85. The number of nitrogens with two attached hydrogens (primary N) is 3. The minimum atomic E-state index is -1.74. The summed E-state index contributed by atoms with van der Waals surface area (Å²) in [4.78, 5) is 135. The number of primary amides is 2. The normalized spacial score (nSPS) is 25.3. The molecule has 0 radical (unpaired) electrons. The topological polar surface area (TPSA) is 377 Å². The van der Waals surface area contributed by atoms with E-state index in [4.69, 9.17) is 17.2 Å². The Morgan fingerprint density at radius 1 is 0.803 bits per heavy atom. The Bertz CT molecular complexity index is 1930. The van der Waals surface area contributed by atoms with Gasteiger partial charge in [-0.1, -0.05) is 74.3 Å². The average molecular weight is 966 g/mol. The zero-order valence-electron chi connectivity index (χ0n) is 37.3. The lowest BCUT2D eigenvalue weighted by molar-refractivity contribution is -0.142. The fourth-order valence-corrected chi connectivity index (χ4v) is 9.23. The van der Waals surface area contributed by atoms with Crippen LogP contribution in [0.25, 0.3) is 0 Å². The molecule has 3 rings (SSSR count). The number of nitrogens with one attached hydrogen (secondary N) is 7. The minimum Gasteiger partial charge on any atom is -0.508 e. The Labute approximate surface area is 390 Å². The number of aliphatic hydroxyl groups excluding tert-OH is 1. The van der Waals surface area contributed by atoms with Crippen molar-refractivity contribution in [2.45, 2.75) is 115 Å². The van der Waals surface area contributed by atoms with Crippen LogP contribution in [-0.4, -0.2) is 154 Å². The summed E-state index contributed by atoms with van der Waals surface area (Å²) in [6.07, 6.45) is 0.465. The van der Waals surface area contributed by atoms with Crippen LogP contribution in [0.15, 0.2) is 24.3 Å². The highest BCUT2D eigenvalue weighted by Gasteiger charge is 2.41. The molecule has 10 amide bonds. The maximum Gasteiger partial charge on any atom is 0.246 e. The largest absolute Gasteiger partial charge is 0.508 e. The van der Waals surface area contributed by atoms with Crippen LogP contribution in [-0.2, 0) is 54.4 Å². The number of aliphatic hydroxyl groups is 1. The summed E-state index contributed by atoms with van der Waals surface area (Å²) in [5, 5.41) is 37.7. The lowest BCUT2D eigenvalue weighted by Gasteiger charge is -2.31. The van der Waals surface area contributed by atoms with Crippen LogP contribution < -0.4 is 54.4 Å². The smallest absolute Gasteiger partial charge is 0.246 e. The molecule has 66 heavy (non-hydrogen) atoms. The van der Waals surface area contributed by atoms with Crippen LogP contribution in [0, 0.1) is 11.8 Å². The number of phenolic OH excluding ortho intramolecular Hbond substituents is 1. The van der Waals surface area contributed by atoms with Crippen LogP contribution in [0.3, 0.4) is 0 Å². The van der Waals surface area contributed by atoms with Gasteiger partial charge in [0.15, 0.2) is 0 Å². The maximum absolute atomic E-state index is 14.4. The molecule has 366 valence electrons. The molecule has 0 saturated carbocycles. The van der Waals surface area contributed by atoms with Crippen LogP contribution in [0.1, 0.15) is 65.4 Å². The van der Waals surface area contributed by atoms with Gasteiger partial charge in [0.05, 0.1) is 25.6 Å². The highest BCUT2D eigenvalue weighted by Crippen LogP contribution is 2.26. The van der Waals surface area contributed by atoms with Crippen molar-refractivity contribution in [2.75, 3.05) is 31.2 Å². The van der Waals surface area contributed by atoms with Crippen LogP contribution >= 0.6 is 21.6 Å². The average Bonchev–Trinajstić information content (AvgIpc) is 3.78. The van der Waals surface area contributed by atoms with Crippen molar-refractivity contribution in [1.82, 2.24) is 42.1 Å². The third-order valence-corrected chi connectivity index (χ3v) is 13.7. The number of aromatic hydroxyl groups is 1. The van der Waals surface area contributed by atoms with Gasteiger partial charge in [0.25, 0.3) is 0 Å². The monoisotopic (exact) mass is 965 g/mol. The number of carbonyl (C=O) groups is 10. The first-order valence-corrected chi connectivity index (χ1v) is 24.1. The molecule has 2 fully saturated rings. The highest BCUT2D eigenvalue weighted by atomic mass is 33.1. The van der Waals surface area contributed by atoms with Crippen LogP contribution in [0.5, 0.6) is 5.75 Å². The molecule has 15 N–H and O–H groups in total. The van der Waals surface area contributed by atoms with Gasteiger partial charge in [-0.2, -0.15) is 0 Å². The van der Waals surface area contributed by atoms with Gasteiger partial charge in [0.1, 0.15) is 48.0 Å². The lowest BCUT2D eigenvalue weighted by atomic mass is 9.96. The predicted molar refractivity (Wildman–Crippen MR) is 243 cm³/mol. The molecule has 1 aromatic rings. The van der Waals surface area contributed by atoms with E-state index in [0.29, 0.717) is 24.8 Å². The molecule has 2 aliphatic heterocycles. The minimum absolute atomic E-state index is 0.0398. The molecule has 25 heteroatoms. The first-order valence-electron chi connectivity index (χ1n) is 21.6. The molecule has 1 aromatic carbocycles. The second kappa shape index (κ2) is 26.5. The zero-order chi connectivity index (χ0) is 49.2. The van der Waals surface area contributed by atoms with Gasteiger partial charge < -0.3 is 69.5 Å². The van der Waals surface area contributed by atoms with E-state index >= 15 is 0 Å². The zero-order valence-corrected chi connectivity index (χ0v) is 39.0. The molecule has 0 bridgehead atoms. The molecule has 10 atom stereocenters. The number of carbonyl (C=O) groups excluding carboxylic acids is 10. The molecule has 0 unspecified atom stereocenters. The number of amides is 10. The number of hydrogen-bond donors (Lipinski definition) is 12. The van der Waals surface area contributed by atoms with Crippen molar-refractivity contribution in [3.63, 3.8) is 0 Å². The Kier molecular flexibility index (Phi) is 21.9. The van der Waals surface area contributed by atoms with Gasteiger partial charge in [-0.3, -0.25) is 47.9 Å². The Morgan fingerprint density at radius 3 is 2.02 bits per heavy atom. The van der Waals surface area contributed by atoms with E-state index in [-0.39, 0.29) is 36.6 Å². The third kappa shape index (κ3) is 16.3. The summed E-state index contributed by atoms with van der Waals surface area (Å²) in [6, 6.07) is -5.10. The highest BCUT2D eigenvalue weighted by molar-refractivity contribution is 8.76. The molecule has 2 heterocycles. The molecule has 0 aromatic heterocycles. The molecule has 2 saturated heterocycles. The second-order valence-corrected chi connectivity index (χ2v) is 18.8. The fraction of sp³-hybridized carbons (Fsp3) is 0.610. The van der Waals surface area contributed by atoms with E-state index in [0.717, 1.165) is 21.6 Å². The predicted octanol–water partition coefficient (Wildman–Crippen LogP) is -3.88. The van der Waals surface area contributed by atoms with Gasteiger partial charge in [-0.15, -0.1) is 0 Å². The van der Waals surface area contributed by atoms with E-state index in [1.807, 2.05) is 0 Å². The molecule has 2 aliphatic rings. The summed E-state index contributed by atoms with van der Waals surface area (Å²) in [5.41, 5.74) is 17.5. The van der Waals surface area contributed by atoms with Crippen molar-refractivity contribution in [3.8, 4) is 5.75 Å². The van der Waals surface area contributed by atoms with Gasteiger partial charge in [0, 0.05) is 24.5 Å². The van der Waals surface area contributed by atoms with Crippen molar-refractivity contribution in [2.24, 2.45) is 29.0 Å². The van der Waals surface area contributed by atoms with E-state index in [9.17, 15) is 58.2 Å². The summed E-state index contributed by atoms with van der Waals surface area (Å²) in [7, 11) is 2.06. The number of rotatable bonds is 15. The summed E-state index contributed by atoms with van der Waals surface area (Å²) < 4.78 is 0. The van der Waals surface area contributed by atoms with E-state index in [1.54, 1.807) is 27.7 Å². The van der Waals surface area contributed by atoms with Gasteiger partial charge in [-0.05, 0) is 42.4 Å². The standard InChI is InChI=1S/C41H63N11O12S2/c1-5-20(3)32(39(62)45-16-31(44)56)51-38(61)29-8-7-13-52(29)41(64)28-19-66-65-18-24(42)34(57)46-25(14-22-9-11-23(54)12-10-22)36(59)50-33(21(4)6-2)40(63)48-27(17-53)37(60)47-26(15-30(43)55)35(58)49-28/h9-12,20-21,24-29,32-33,53-54H,5-8,13-19,42H2,1-4H3,(H2,43,55)(H2,44,56)(H,45,62)(H,46,57)(H,47,60)(H,48,63)(H,49,58)(H,50,59)(H,51,61)/t20-,21-,24-,25-,26-,27-,28-,29-,32-,33+/m0/s1. The fourth-order valence-electron chi connectivity index (χ4n) is 6.95. The number of phenols is 1. The SMILES string of the molecule is CC[C@H](C)[C@H](NC(=O)[C@@H]1CCCN1C(=O)[C@@H]1CSSC[C@H](N)C(=O)N[C@@H](Cc2ccc(O)cc2)C(=O)N[C@H]([C@@H](C)CC)C(=O)N[C@@H](CO)C(=O)N[C@@H](CC(N)=O)C(=O)N1)C(=O)NCC(N)=O. The number of benzene rings is 1. The van der Waals surface area contributed by atoms with E-state index in [1.165, 1.54) is 29.2 Å². The first kappa shape index (κ1) is 54.7. The molecule has 0 aliphatic carbocycles. The van der Waals surface area contributed by atoms with Crippen LogP contribution in [0.2, 0.25) is 0 Å².